The molecular formula is C11H26N2O. The van der Waals surface area contributed by atoms with Gasteiger partial charge < -0.3 is 15.7 Å². The summed E-state index contributed by atoms with van der Waals surface area (Å²) in [6.45, 7) is 12.7. The Balaban J connectivity index is 3.52. The Morgan fingerprint density at radius 2 is 1.71 bits per heavy atom. The Bertz CT molecular complexity index is 141. The minimum absolute atomic E-state index is 0.175. The van der Waals surface area contributed by atoms with Crippen LogP contribution in [-0.2, 0) is 0 Å². The van der Waals surface area contributed by atoms with Gasteiger partial charge in [-0.2, -0.15) is 0 Å². The summed E-state index contributed by atoms with van der Waals surface area (Å²) in [5, 5.41) is 15.8. The van der Waals surface area contributed by atoms with E-state index in [1.54, 1.807) is 0 Å². The predicted molar refractivity (Wildman–Crippen MR) is 61.5 cm³/mol. The van der Waals surface area contributed by atoms with E-state index in [2.05, 4.69) is 45.3 Å². The van der Waals surface area contributed by atoms with Crippen LogP contribution in [0.15, 0.2) is 0 Å². The fourth-order valence-electron chi connectivity index (χ4n) is 1.21. The number of hydrogen-bond donors (Lipinski definition) is 3. The highest BCUT2D eigenvalue weighted by molar-refractivity contribution is 4.73. The molecule has 0 amide bonds. The molecule has 0 aliphatic heterocycles. The molecule has 1 atom stereocenters. The molecule has 14 heavy (non-hydrogen) atoms. The van der Waals surface area contributed by atoms with Gasteiger partial charge in [0.25, 0.3) is 0 Å². The summed E-state index contributed by atoms with van der Waals surface area (Å²) in [4.78, 5) is 0. The normalized spacial score (nSPS) is 14.8. The quantitative estimate of drug-likeness (QED) is 0.563. The second-order valence-electron chi connectivity index (χ2n) is 5.16. The van der Waals surface area contributed by atoms with Gasteiger partial charge in [-0.05, 0) is 26.7 Å². The van der Waals surface area contributed by atoms with Crippen molar-refractivity contribution in [1.82, 2.24) is 10.6 Å². The topological polar surface area (TPSA) is 44.3 Å². The molecule has 0 fully saturated rings. The van der Waals surface area contributed by atoms with Crippen LogP contribution in [0.3, 0.4) is 0 Å². The molecule has 0 aliphatic carbocycles. The van der Waals surface area contributed by atoms with E-state index in [9.17, 15) is 0 Å². The monoisotopic (exact) mass is 202 g/mol. The summed E-state index contributed by atoms with van der Waals surface area (Å²) in [5.41, 5.74) is 0.175. The second-order valence-corrected chi connectivity index (χ2v) is 5.16. The van der Waals surface area contributed by atoms with Crippen molar-refractivity contribution in [2.45, 2.75) is 46.2 Å². The molecule has 0 radical (unpaired) electrons. The van der Waals surface area contributed by atoms with Gasteiger partial charge in [0, 0.05) is 24.7 Å². The van der Waals surface area contributed by atoms with Crippen LogP contribution >= 0.6 is 0 Å². The SMILES string of the molecule is CC(C)C(CO)NCCNC(C)(C)C. The van der Waals surface area contributed by atoms with Crippen molar-refractivity contribution in [3.8, 4) is 0 Å². The number of hydrogen-bond acceptors (Lipinski definition) is 3. The molecular weight excluding hydrogens is 176 g/mol. The molecule has 0 spiro atoms. The Hall–Kier alpha value is -0.120. The maximum Gasteiger partial charge on any atom is 0.0587 e. The van der Waals surface area contributed by atoms with Crippen molar-refractivity contribution in [3.05, 3.63) is 0 Å². The summed E-state index contributed by atoms with van der Waals surface area (Å²) >= 11 is 0. The number of aliphatic hydroxyl groups is 1. The van der Waals surface area contributed by atoms with Gasteiger partial charge in [-0.15, -0.1) is 0 Å². The average molecular weight is 202 g/mol. The third kappa shape index (κ3) is 7.30. The smallest absolute Gasteiger partial charge is 0.0587 e. The summed E-state index contributed by atoms with van der Waals surface area (Å²) in [6, 6.07) is 0.219. The summed E-state index contributed by atoms with van der Waals surface area (Å²) < 4.78 is 0. The van der Waals surface area contributed by atoms with Crippen molar-refractivity contribution >= 4 is 0 Å². The van der Waals surface area contributed by atoms with Crippen LogP contribution in [0.5, 0.6) is 0 Å². The van der Waals surface area contributed by atoms with Gasteiger partial charge in [0.15, 0.2) is 0 Å². The number of aliphatic hydroxyl groups excluding tert-OH is 1. The number of rotatable bonds is 6. The minimum Gasteiger partial charge on any atom is -0.395 e. The van der Waals surface area contributed by atoms with Gasteiger partial charge in [0.2, 0.25) is 0 Å². The highest BCUT2D eigenvalue weighted by Crippen LogP contribution is 2.00. The lowest BCUT2D eigenvalue weighted by atomic mass is 10.1. The van der Waals surface area contributed by atoms with E-state index in [-0.39, 0.29) is 18.2 Å². The zero-order valence-electron chi connectivity index (χ0n) is 10.2. The van der Waals surface area contributed by atoms with Gasteiger partial charge >= 0.3 is 0 Å². The lowest BCUT2D eigenvalue weighted by Gasteiger charge is -2.23. The van der Waals surface area contributed by atoms with Gasteiger partial charge in [-0.3, -0.25) is 0 Å². The van der Waals surface area contributed by atoms with Crippen LogP contribution in [0.1, 0.15) is 34.6 Å². The van der Waals surface area contributed by atoms with Crippen molar-refractivity contribution in [3.63, 3.8) is 0 Å². The summed E-state index contributed by atoms with van der Waals surface area (Å²) in [5.74, 6) is 0.481. The van der Waals surface area contributed by atoms with E-state index < -0.39 is 0 Å². The molecule has 0 saturated carbocycles. The minimum atomic E-state index is 0.175. The van der Waals surface area contributed by atoms with E-state index in [0.29, 0.717) is 5.92 Å². The Morgan fingerprint density at radius 1 is 1.14 bits per heavy atom. The fourth-order valence-corrected chi connectivity index (χ4v) is 1.21. The molecule has 0 bridgehead atoms. The molecule has 3 N–H and O–H groups in total. The molecule has 0 aromatic heterocycles. The second kappa shape index (κ2) is 6.38. The molecule has 1 unspecified atom stereocenters. The fraction of sp³-hybridized carbons (Fsp3) is 1.00. The van der Waals surface area contributed by atoms with Gasteiger partial charge in [0.05, 0.1) is 6.61 Å². The van der Waals surface area contributed by atoms with E-state index in [1.807, 2.05) is 0 Å². The van der Waals surface area contributed by atoms with Crippen molar-refractivity contribution in [2.24, 2.45) is 5.92 Å². The van der Waals surface area contributed by atoms with Gasteiger partial charge in [-0.1, -0.05) is 13.8 Å². The van der Waals surface area contributed by atoms with Crippen LogP contribution in [0, 0.1) is 5.92 Å². The number of nitrogens with one attached hydrogen (secondary N) is 2. The van der Waals surface area contributed by atoms with Crippen molar-refractivity contribution in [1.29, 1.82) is 0 Å². The lowest BCUT2D eigenvalue weighted by Crippen LogP contribution is -2.44. The highest BCUT2D eigenvalue weighted by atomic mass is 16.3. The molecule has 0 aromatic carbocycles. The first kappa shape index (κ1) is 13.9. The first-order valence-electron chi connectivity index (χ1n) is 5.46. The first-order valence-corrected chi connectivity index (χ1v) is 5.46. The highest BCUT2D eigenvalue weighted by Gasteiger charge is 2.11. The zero-order valence-corrected chi connectivity index (χ0v) is 10.2. The van der Waals surface area contributed by atoms with Crippen LogP contribution in [0.2, 0.25) is 0 Å². The largest absolute Gasteiger partial charge is 0.395 e. The molecule has 3 nitrogen and oxygen atoms in total. The molecule has 0 aliphatic rings. The Labute approximate surface area is 88.3 Å². The molecule has 0 rings (SSSR count). The third-order valence-corrected chi connectivity index (χ3v) is 2.19. The average Bonchev–Trinajstić information content (AvgIpc) is 2.01. The van der Waals surface area contributed by atoms with E-state index >= 15 is 0 Å². The summed E-state index contributed by atoms with van der Waals surface area (Å²) in [7, 11) is 0. The Morgan fingerprint density at radius 3 is 2.07 bits per heavy atom. The van der Waals surface area contributed by atoms with Crippen LogP contribution in [0.4, 0.5) is 0 Å². The molecule has 0 heterocycles. The first-order chi connectivity index (χ1) is 6.37. The molecule has 3 heteroatoms. The maximum atomic E-state index is 9.07. The standard InChI is InChI=1S/C11H26N2O/c1-9(2)10(8-14)12-6-7-13-11(3,4)5/h9-10,12-14H,6-8H2,1-5H3. The summed E-state index contributed by atoms with van der Waals surface area (Å²) in [6.07, 6.45) is 0. The van der Waals surface area contributed by atoms with E-state index in [0.717, 1.165) is 13.1 Å². The van der Waals surface area contributed by atoms with Crippen LogP contribution in [0.25, 0.3) is 0 Å². The molecule has 86 valence electrons. The van der Waals surface area contributed by atoms with E-state index in [1.165, 1.54) is 0 Å². The van der Waals surface area contributed by atoms with Crippen molar-refractivity contribution < 1.29 is 5.11 Å². The Kier molecular flexibility index (Phi) is 6.33. The molecule has 0 aromatic rings. The zero-order chi connectivity index (χ0) is 11.2. The molecule has 0 saturated heterocycles. The van der Waals surface area contributed by atoms with E-state index in [4.69, 9.17) is 5.11 Å². The van der Waals surface area contributed by atoms with Crippen molar-refractivity contribution in [2.75, 3.05) is 19.7 Å². The van der Waals surface area contributed by atoms with Gasteiger partial charge in [0.1, 0.15) is 0 Å². The lowest BCUT2D eigenvalue weighted by molar-refractivity contribution is 0.210. The van der Waals surface area contributed by atoms with Crippen LogP contribution < -0.4 is 10.6 Å². The maximum absolute atomic E-state index is 9.07. The van der Waals surface area contributed by atoms with Crippen LogP contribution in [-0.4, -0.2) is 36.4 Å². The predicted octanol–water partition coefficient (Wildman–Crippen LogP) is 0.981. The van der Waals surface area contributed by atoms with Gasteiger partial charge in [-0.25, -0.2) is 0 Å². The third-order valence-electron chi connectivity index (χ3n) is 2.19.